The van der Waals surface area contributed by atoms with E-state index < -0.39 is 0 Å². The molecule has 1 aromatic rings. The van der Waals surface area contributed by atoms with Gasteiger partial charge in [0, 0.05) is 11.4 Å². The Morgan fingerprint density at radius 1 is 1.18 bits per heavy atom. The number of hydrogen-bond donors (Lipinski definition) is 1. The van der Waals surface area contributed by atoms with Crippen molar-refractivity contribution >= 4 is 17.2 Å². The largest absolute Gasteiger partial charge is 0.351 e. The van der Waals surface area contributed by atoms with Crippen LogP contribution in [0, 0.1) is 5.41 Å². The molecule has 0 radical (unpaired) electrons. The second-order valence-electron chi connectivity index (χ2n) is 5.34. The third kappa shape index (κ3) is 2.13. The first-order valence-corrected chi connectivity index (χ1v) is 7.30. The Bertz CT molecular complexity index is 445. The molecule has 2 heterocycles. The molecule has 3 rings (SSSR count). The molecule has 1 aliphatic carbocycles. The molecule has 0 spiro atoms. The Morgan fingerprint density at radius 2 is 1.88 bits per heavy atom. The quantitative estimate of drug-likeness (QED) is 0.754. The van der Waals surface area contributed by atoms with Gasteiger partial charge in [-0.2, -0.15) is 0 Å². The van der Waals surface area contributed by atoms with Crippen molar-refractivity contribution < 1.29 is 4.79 Å². The first-order valence-electron chi connectivity index (χ1n) is 6.48. The van der Waals surface area contributed by atoms with Gasteiger partial charge in [-0.05, 0) is 35.8 Å². The highest BCUT2D eigenvalue weighted by molar-refractivity contribution is 7.14. The molecule has 3 heteroatoms. The number of carbonyl (C=O) groups excluding carboxylic acids is 1. The van der Waals surface area contributed by atoms with Gasteiger partial charge in [-0.15, -0.1) is 11.3 Å². The van der Waals surface area contributed by atoms with Crippen LogP contribution in [0.3, 0.4) is 0 Å². The standard InChI is InChI=1S/C12H15NOS.C2H6/c1-12(2)5-8-7-3-4-13-11(14)10(7)15-9(8)6-12;1-2/h3-6H2,1-2H3,(H,13,14);1-2H3. The number of nitrogens with one attached hydrogen (secondary N) is 1. The molecule has 0 saturated heterocycles. The van der Waals surface area contributed by atoms with Crippen LogP contribution in [-0.4, -0.2) is 12.5 Å². The van der Waals surface area contributed by atoms with Gasteiger partial charge in [0.1, 0.15) is 0 Å². The molecule has 94 valence electrons. The number of carbonyl (C=O) groups is 1. The molecule has 17 heavy (non-hydrogen) atoms. The average molecular weight is 251 g/mol. The maximum Gasteiger partial charge on any atom is 0.261 e. The lowest BCUT2D eigenvalue weighted by molar-refractivity contribution is 0.0950. The van der Waals surface area contributed by atoms with E-state index in [4.69, 9.17) is 0 Å². The van der Waals surface area contributed by atoms with Gasteiger partial charge < -0.3 is 5.32 Å². The molecule has 0 bridgehead atoms. The van der Waals surface area contributed by atoms with Gasteiger partial charge in [-0.1, -0.05) is 27.7 Å². The van der Waals surface area contributed by atoms with Gasteiger partial charge in [-0.25, -0.2) is 0 Å². The fourth-order valence-corrected chi connectivity index (χ4v) is 4.25. The topological polar surface area (TPSA) is 29.1 Å². The van der Waals surface area contributed by atoms with E-state index in [1.807, 2.05) is 13.8 Å². The van der Waals surface area contributed by atoms with Gasteiger partial charge in [0.2, 0.25) is 0 Å². The van der Waals surface area contributed by atoms with Crippen LogP contribution in [0.25, 0.3) is 0 Å². The molecule has 1 aliphatic heterocycles. The second-order valence-corrected chi connectivity index (χ2v) is 6.44. The maximum atomic E-state index is 11.7. The average Bonchev–Trinajstić information content (AvgIpc) is 2.75. The smallest absolute Gasteiger partial charge is 0.261 e. The van der Waals surface area contributed by atoms with E-state index in [0.29, 0.717) is 5.41 Å². The second kappa shape index (κ2) is 4.45. The van der Waals surface area contributed by atoms with E-state index in [1.165, 1.54) is 16.0 Å². The molecule has 0 atom stereocenters. The van der Waals surface area contributed by atoms with E-state index in [0.717, 1.165) is 30.7 Å². The summed E-state index contributed by atoms with van der Waals surface area (Å²) >= 11 is 1.72. The van der Waals surface area contributed by atoms with Crippen LogP contribution in [0.1, 0.15) is 53.4 Å². The van der Waals surface area contributed by atoms with Crippen LogP contribution in [-0.2, 0) is 19.3 Å². The summed E-state index contributed by atoms with van der Waals surface area (Å²) in [4.78, 5) is 14.1. The lowest BCUT2D eigenvalue weighted by Crippen LogP contribution is -2.31. The Labute approximate surface area is 107 Å². The normalized spacial score (nSPS) is 19.9. The first kappa shape index (κ1) is 12.6. The van der Waals surface area contributed by atoms with E-state index in [9.17, 15) is 4.79 Å². The summed E-state index contributed by atoms with van der Waals surface area (Å²) < 4.78 is 0. The van der Waals surface area contributed by atoms with Gasteiger partial charge in [0.25, 0.3) is 5.91 Å². The van der Waals surface area contributed by atoms with E-state index >= 15 is 0 Å². The first-order chi connectivity index (χ1) is 8.07. The van der Waals surface area contributed by atoms with Crippen LogP contribution in [0.15, 0.2) is 0 Å². The third-order valence-corrected chi connectivity index (χ3v) is 4.63. The van der Waals surface area contributed by atoms with Crippen molar-refractivity contribution in [1.29, 1.82) is 0 Å². The van der Waals surface area contributed by atoms with Crippen molar-refractivity contribution in [2.45, 2.75) is 47.0 Å². The lowest BCUT2D eigenvalue weighted by Gasteiger charge is -2.18. The van der Waals surface area contributed by atoms with Crippen LogP contribution in [0.4, 0.5) is 0 Å². The summed E-state index contributed by atoms with van der Waals surface area (Å²) in [6.07, 6.45) is 3.33. The SMILES string of the molecule is CC.CC1(C)Cc2sc3c(c2C1)CCNC3=O. The van der Waals surface area contributed by atoms with Crippen LogP contribution < -0.4 is 5.32 Å². The fraction of sp³-hybridized carbons (Fsp3) is 0.643. The van der Waals surface area contributed by atoms with Crippen molar-refractivity contribution in [2.75, 3.05) is 6.54 Å². The van der Waals surface area contributed by atoms with Crippen LogP contribution in [0.5, 0.6) is 0 Å². The number of amides is 1. The minimum absolute atomic E-state index is 0.147. The van der Waals surface area contributed by atoms with Crippen molar-refractivity contribution in [3.8, 4) is 0 Å². The highest BCUT2D eigenvalue weighted by atomic mass is 32.1. The highest BCUT2D eigenvalue weighted by Gasteiger charge is 2.35. The molecule has 0 fully saturated rings. The zero-order valence-electron chi connectivity index (χ0n) is 11.1. The third-order valence-electron chi connectivity index (χ3n) is 3.36. The number of rotatable bonds is 0. The zero-order valence-corrected chi connectivity index (χ0v) is 12.0. The predicted molar refractivity (Wildman–Crippen MR) is 72.9 cm³/mol. The predicted octanol–water partition coefficient (Wildman–Crippen LogP) is 3.19. The molecule has 1 amide bonds. The molecular weight excluding hydrogens is 230 g/mol. The van der Waals surface area contributed by atoms with Crippen molar-refractivity contribution in [2.24, 2.45) is 5.41 Å². The van der Waals surface area contributed by atoms with E-state index in [1.54, 1.807) is 11.3 Å². The van der Waals surface area contributed by atoms with Gasteiger partial charge in [0.05, 0.1) is 4.88 Å². The molecule has 2 aliphatic rings. The minimum atomic E-state index is 0.147. The number of fused-ring (bicyclic) bond motifs is 3. The molecule has 0 saturated carbocycles. The van der Waals surface area contributed by atoms with Crippen molar-refractivity contribution in [3.05, 3.63) is 20.9 Å². The van der Waals surface area contributed by atoms with Crippen LogP contribution in [0.2, 0.25) is 0 Å². The monoisotopic (exact) mass is 251 g/mol. The Kier molecular flexibility index (Phi) is 3.30. The molecule has 1 N–H and O–H groups in total. The zero-order chi connectivity index (χ0) is 12.6. The number of hydrogen-bond acceptors (Lipinski definition) is 2. The molecule has 1 aromatic heterocycles. The minimum Gasteiger partial charge on any atom is -0.351 e. The fourth-order valence-electron chi connectivity index (χ4n) is 2.70. The summed E-state index contributed by atoms with van der Waals surface area (Å²) in [7, 11) is 0. The highest BCUT2D eigenvalue weighted by Crippen LogP contribution is 2.44. The molecule has 0 unspecified atom stereocenters. The van der Waals surface area contributed by atoms with Gasteiger partial charge in [-0.3, -0.25) is 4.79 Å². The number of thiophene rings is 1. The van der Waals surface area contributed by atoms with Gasteiger partial charge in [0.15, 0.2) is 0 Å². The summed E-state index contributed by atoms with van der Waals surface area (Å²) in [6.45, 7) is 9.44. The maximum absolute atomic E-state index is 11.7. The Morgan fingerprint density at radius 3 is 2.59 bits per heavy atom. The summed E-state index contributed by atoms with van der Waals surface area (Å²) in [5, 5.41) is 2.92. The van der Waals surface area contributed by atoms with E-state index in [-0.39, 0.29) is 5.91 Å². The summed E-state index contributed by atoms with van der Waals surface area (Å²) in [5.74, 6) is 0.147. The van der Waals surface area contributed by atoms with Gasteiger partial charge >= 0.3 is 0 Å². The van der Waals surface area contributed by atoms with Crippen molar-refractivity contribution in [1.82, 2.24) is 5.32 Å². The molecular formula is C14H21NOS. The van der Waals surface area contributed by atoms with E-state index in [2.05, 4.69) is 19.2 Å². The Hall–Kier alpha value is -0.830. The summed E-state index contributed by atoms with van der Waals surface area (Å²) in [6, 6.07) is 0. The molecule has 0 aromatic carbocycles. The van der Waals surface area contributed by atoms with Crippen molar-refractivity contribution in [3.63, 3.8) is 0 Å². The van der Waals surface area contributed by atoms with Crippen LogP contribution >= 0.6 is 11.3 Å². The lowest BCUT2D eigenvalue weighted by atomic mass is 9.89. The molecule has 2 nitrogen and oxygen atoms in total. The Balaban J connectivity index is 0.000000514. The summed E-state index contributed by atoms with van der Waals surface area (Å²) in [5.41, 5.74) is 3.25.